The molecule has 0 unspecified atom stereocenters. The topological polar surface area (TPSA) is 61.4 Å². The number of carbonyl (C=O) groups excluding carboxylic acids is 2. The van der Waals surface area contributed by atoms with Gasteiger partial charge >= 0.3 is 11.8 Å². The number of nitrogens with one attached hydrogen (secondary N) is 2. The standard InChI is InChI=1S/C17H25N3O2/c1-4-12-6-5-7-14(10-12)19-17(22)16(21)18-11-15(20(2)3)13-8-9-13/h5-7,10,13,15H,4,8-9,11H2,1-3H3,(H,18,21)(H,19,22)/t15-/m0/s1. The Morgan fingerprint density at radius 2 is 2.00 bits per heavy atom. The van der Waals surface area contributed by atoms with Crippen LogP contribution in [0.3, 0.4) is 0 Å². The predicted octanol–water partition coefficient (Wildman–Crippen LogP) is 1.64. The van der Waals surface area contributed by atoms with E-state index >= 15 is 0 Å². The van der Waals surface area contributed by atoms with Crippen molar-refractivity contribution in [1.82, 2.24) is 10.2 Å². The third-order valence-electron chi connectivity index (χ3n) is 4.10. The number of amides is 2. The number of benzene rings is 1. The number of carbonyl (C=O) groups is 2. The Balaban J connectivity index is 1.85. The molecule has 1 atom stereocenters. The molecular weight excluding hydrogens is 278 g/mol. The normalized spacial score (nSPS) is 15.5. The van der Waals surface area contributed by atoms with E-state index in [1.807, 2.05) is 39.2 Å². The van der Waals surface area contributed by atoms with Crippen LogP contribution in [0.2, 0.25) is 0 Å². The molecule has 2 rings (SSSR count). The highest BCUT2D eigenvalue weighted by molar-refractivity contribution is 6.39. The third kappa shape index (κ3) is 4.56. The van der Waals surface area contributed by atoms with Gasteiger partial charge in [-0.05, 0) is 57.0 Å². The average molecular weight is 303 g/mol. The number of rotatable bonds is 6. The van der Waals surface area contributed by atoms with E-state index in [0.29, 0.717) is 24.2 Å². The highest BCUT2D eigenvalue weighted by Gasteiger charge is 2.33. The van der Waals surface area contributed by atoms with Crippen molar-refractivity contribution >= 4 is 17.5 Å². The van der Waals surface area contributed by atoms with Gasteiger partial charge in [-0.1, -0.05) is 19.1 Å². The number of hydrogen-bond donors (Lipinski definition) is 2. The largest absolute Gasteiger partial charge is 0.346 e. The van der Waals surface area contributed by atoms with Crippen molar-refractivity contribution in [2.75, 3.05) is 26.0 Å². The molecule has 1 saturated carbocycles. The van der Waals surface area contributed by atoms with E-state index in [1.54, 1.807) is 6.07 Å². The molecule has 0 bridgehead atoms. The van der Waals surface area contributed by atoms with Crippen molar-refractivity contribution in [3.8, 4) is 0 Å². The van der Waals surface area contributed by atoms with Gasteiger partial charge in [0.25, 0.3) is 0 Å². The second-order valence-electron chi connectivity index (χ2n) is 6.09. The quantitative estimate of drug-likeness (QED) is 0.786. The minimum atomic E-state index is -0.610. The van der Waals surface area contributed by atoms with Crippen LogP contribution in [0.15, 0.2) is 24.3 Å². The summed E-state index contributed by atoms with van der Waals surface area (Å²) in [6.45, 7) is 2.56. The lowest BCUT2D eigenvalue weighted by Crippen LogP contribution is -2.45. The highest BCUT2D eigenvalue weighted by Crippen LogP contribution is 2.34. The van der Waals surface area contributed by atoms with Gasteiger partial charge in [-0.15, -0.1) is 0 Å². The Kier molecular flexibility index (Phi) is 5.55. The maximum Gasteiger partial charge on any atom is 0.313 e. The summed E-state index contributed by atoms with van der Waals surface area (Å²) in [6.07, 6.45) is 3.30. The van der Waals surface area contributed by atoms with E-state index in [0.717, 1.165) is 12.0 Å². The molecule has 0 saturated heterocycles. The minimum Gasteiger partial charge on any atom is -0.346 e. The Hall–Kier alpha value is -1.88. The molecule has 1 aliphatic rings. The van der Waals surface area contributed by atoms with Crippen LogP contribution in [-0.4, -0.2) is 43.4 Å². The van der Waals surface area contributed by atoms with Gasteiger partial charge in [-0.2, -0.15) is 0 Å². The maximum absolute atomic E-state index is 11.9. The van der Waals surface area contributed by atoms with Crippen molar-refractivity contribution in [3.63, 3.8) is 0 Å². The average Bonchev–Trinajstić information content (AvgIpc) is 3.31. The molecule has 120 valence electrons. The molecule has 0 heterocycles. The van der Waals surface area contributed by atoms with Crippen LogP contribution in [-0.2, 0) is 16.0 Å². The molecule has 0 aromatic heterocycles. The number of anilines is 1. The molecule has 0 radical (unpaired) electrons. The summed E-state index contributed by atoms with van der Waals surface area (Å²) in [4.78, 5) is 26.0. The molecule has 2 amide bonds. The molecular formula is C17H25N3O2. The second-order valence-corrected chi connectivity index (χ2v) is 6.09. The first-order valence-corrected chi connectivity index (χ1v) is 7.85. The number of aryl methyl sites for hydroxylation is 1. The van der Waals surface area contributed by atoms with Gasteiger partial charge in [0.05, 0.1) is 0 Å². The van der Waals surface area contributed by atoms with Crippen LogP contribution in [0.4, 0.5) is 5.69 Å². The van der Waals surface area contributed by atoms with Crippen LogP contribution >= 0.6 is 0 Å². The molecule has 1 fully saturated rings. The van der Waals surface area contributed by atoms with Gasteiger partial charge in [0.2, 0.25) is 0 Å². The third-order valence-corrected chi connectivity index (χ3v) is 4.10. The van der Waals surface area contributed by atoms with Gasteiger partial charge < -0.3 is 15.5 Å². The molecule has 1 aliphatic carbocycles. The fourth-order valence-electron chi connectivity index (χ4n) is 2.59. The maximum atomic E-state index is 11.9. The van der Waals surface area contributed by atoms with E-state index in [4.69, 9.17) is 0 Å². The molecule has 1 aromatic rings. The van der Waals surface area contributed by atoms with E-state index in [-0.39, 0.29) is 0 Å². The zero-order chi connectivity index (χ0) is 16.1. The van der Waals surface area contributed by atoms with E-state index < -0.39 is 11.8 Å². The summed E-state index contributed by atoms with van der Waals surface area (Å²) in [5, 5.41) is 5.39. The Morgan fingerprint density at radius 3 is 2.59 bits per heavy atom. The molecule has 5 nitrogen and oxygen atoms in total. The van der Waals surface area contributed by atoms with Crippen molar-refractivity contribution < 1.29 is 9.59 Å². The lowest BCUT2D eigenvalue weighted by atomic mass is 10.1. The highest BCUT2D eigenvalue weighted by atomic mass is 16.2. The molecule has 0 spiro atoms. The van der Waals surface area contributed by atoms with E-state index in [2.05, 4.69) is 15.5 Å². The lowest BCUT2D eigenvalue weighted by Gasteiger charge is -2.24. The zero-order valence-electron chi connectivity index (χ0n) is 13.6. The van der Waals surface area contributed by atoms with Gasteiger partial charge in [-0.25, -0.2) is 0 Å². The fourth-order valence-corrected chi connectivity index (χ4v) is 2.59. The number of hydrogen-bond acceptors (Lipinski definition) is 3. The summed E-state index contributed by atoms with van der Waals surface area (Å²) in [5.74, 6) is -0.546. The first-order chi connectivity index (χ1) is 10.5. The van der Waals surface area contributed by atoms with Gasteiger partial charge in [0.1, 0.15) is 0 Å². The number of likely N-dealkylation sites (N-methyl/N-ethyl adjacent to an activating group) is 1. The van der Waals surface area contributed by atoms with E-state index in [9.17, 15) is 9.59 Å². The SMILES string of the molecule is CCc1cccc(NC(=O)C(=O)NC[C@@H](C2CC2)N(C)C)c1. The molecule has 0 aliphatic heterocycles. The van der Waals surface area contributed by atoms with Crippen LogP contribution in [0.25, 0.3) is 0 Å². The van der Waals surface area contributed by atoms with E-state index in [1.165, 1.54) is 12.8 Å². The summed E-state index contributed by atoms with van der Waals surface area (Å²) in [7, 11) is 4.01. The van der Waals surface area contributed by atoms with Gasteiger partial charge in [0.15, 0.2) is 0 Å². The first kappa shape index (κ1) is 16.5. The molecule has 22 heavy (non-hydrogen) atoms. The van der Waals surface area contributed by atoms with Crippen molar-refractivity contribution in [2.24, 2.45) is 5.92 Å². The summed E-state index contributed by atoms with van der Waals surface area (Å²) >= 11 is 0. The first-order valence-electron chi connectivity index (χ1n) is 7.85. The van der Waals surface area contributed by atoms with Crippen molar-refractivity contribution in [3.05, 3.63) is 29.8 Å². The van der Waals surface area contributed by atoms with Crippen LogP contribution in [0.1, 0.15) is 25.3 Å². The summed E-state index contributed by atoms with van der Waals surface area (Å²) < 4.78 is 0. The summed E-state index contributed by atoms with van der Waals surface area (Å²) in [5.41, 5.74) is 1.78. The van der Waals surface area contributed by atoms with Gasteiger partial charge in [0, 0.05) is 18.3 Å². The van der Waals surface area contributed by atoms with Crippen LogP contribution in [0, 0.1) is 5.92 Å². The minimum absolute atomic E-state index is 0.306. The fraction of sp³-hybridized carbons (Fsp3) is 0.529. The molecule has 1 aromatic carbocycles. The monoisotopic (exact) mass is 303 g/mol. The summed E-state index contributed by atoms with van der Waals surface area (Å²) in [6, 6.07) is 7.85. The molecule has 5 heteroatoms. The second kappa shape index (κ2) is 7.40. The zero-order valence-corrected chi connectivity index (χ0v) is 13.6. The van der Waals surface area contributed by atoms with Crippen LogP contribution in [0.5, 0.6) is 0 Å². The Labute approximate surface area is 132 Å². The van der Waals surface area contributed by atoms with Crippen molar-refractivity contribution in [2.45, 2.75) is 32.2 Å². The van der Waals surface area contributed by atoms with Crippen LogP contribution < -0.4 is 10.6 Å². The number of nitrogens with zero attached hydrogens (tertiary/aromatic N) is 1. The predicted molar refractivity (Wildman–Crippen MR) is 87.7 cm³/mol. The lowest BCUT2D eigenvalue weighted by molar-refractivity contribution is -0.136. The smallest absolute Gasteiger partial charge is 0.313 e. The van der Waals surface area contributed by atoms with Gasteiger partial charge in [-0.3, -0.25) is 9.59 Å². The Morgan fingerprint density at radius 1 is 1.27 bits per heavy atom. The molecule has 2 N–H and O–H groups in total. The Bertz CT molecular complexity index is 536. The van der Waals surface area contributed by atoms with Crippen molar-refractivity contribution in [1.29, 1.82) is 0 Å².